The van der Waals surface area contributed by atoms with Crippen LogP contribution < -0.4 is 10.1 Å². The molecule has 1 atom stereocenters. The van der Waals surface area contributed by atoms with Gasteiger partial charge in [0.1, 0.15) is 12.0 Å². The summed E-state index contributed by atoms with van der Waals surface area (Å²) in [4.78, 5) is 12.4. The SMILES string of the molecule is CNC(Cc1nc(-c2cc(OC)ncn2)no1)C(C)C. The number of hydrogen-bond acceptors (Lipinski definition) is 7. The van der Waals surface area contributed by atoms with Gasteiger partial charge < -0.3 is 14.6 Å². The average Bonchev–Trinajstić information content (AvgIpc) is 2.93. The molecular weight excluding hydrogens is 258 g/mol. The number of hydrogen-bond donors (Lipinski definition) is 1. The molecule has 0 spiro atoms. The Bertz CT molecular complexity index is 555. The molecule has 2 rings (SSSR count). The highest BCUT2D eigenvalue weighted by atomic mass is 16.5. The van der Waals surface area contributed by atoms with Crippen molar-refractivity contribution in [3.05, 3.63) is 18.3 Å². The first-order valence-corrected chi connectivity index (χ1v) is 6.50. The molecule has 0 radical (unpaired) electrons. The number of ether oxygens (including phenoxy) is 1. The normalized spacial score (nSPS) is 12.7. The van der Waals surface area contributed by atoms with Crippen molar-refractivity contribution in [1.29, 1.82) is 0 Å². The first-order chi connectivity index (χ1) is 9.63. The Balaban J connectivity index is 2.15. The minimum Gasteiger partial charge on any atom is -0.481 e. The number of likely N-dealkylation sites (N-methyl/N-ethyl adjacent to an activating group) is 1. The van der Waals surface area contributed by atoms with Gasteiger partial charge in [0.15, 0.2) is 0 Å². The number of rotatable bonds is 6. The van der Waals surface area contributed by atoms with Gasteiger partial charge in [-0.05, 0) is 13.0 Å². The Morgan fingerprint density at radius 2 is 2.15 bits per heavy atom. The van der Waals surface area contributed by atoms with Crippen molar-refractivity contribution in [1.82, 2.24) is 25.4 Å². The molecule has 0 aromatic carbocycles. The molecule has 7 heteroatoms. The maximum atomic E-state index is 5.27. The standard InChI is InChI=1S/C13H19N5O2/c1-8(2)9(14-3)5-12-17-13(18-20-12)10-6-11(19-4)16-7-15-10/h6-9,14H,5H2,1-4H3. The molecule has 0 aliphatic rings. The fourth-order valence-corrected chi connectivity index (χ4v) is 1.87. The van der Waals surface area contributed by atoms with Crippen LogP contribution in [0.25, 0.3) is 11.5 Å². The molecule has 0 saturated heterocycles. The van der Waals surface area contributed by atoms with Crippen molar-refractivity contribution >= 4 is 0 Å². The van der Waals surface area contributed by atoms with E-state index in [1.807, 2.05) is 7.05 Å². The maximum absolute atomic E-state index is 5.27. The largest absolute Gasteiger partial charge is 0.481 e. The van der Waals surface area contributed by atoms with Gasteiger partial charge >= 0.3 is 0 Å². The van der Waals surface area contributed by atoms with E-state index in [0.717, 1.165) is 0 Å². The van der Waals surface area contributed by atoms with Gasteiger partial charge in [0, 0.05) is 18.5 Å². The summed E-state index contributed by atoms with van der Waals surface area (Å²) in [5, 5.41) is 7.19. The van der Waals surface area contributed by atoms with Crippen molar-refractivity contribution in [2.75, 3.05) is 14.2 Å². The number of nitrogens with one attached hydrogen (secondary N) is 1. The second kappa shape index (κ2) is 6.42. The van der Waals surface area contributed by atoms with Crippen molar-refractivity contribution in [2.24, 2.45) is 5.92 Å². The van der Waals surface area contributed by atoms with E-state index in [9.17, 15) is 0 Å². The average molecular weight is 277 g/mol. The van der Waals surface area contributed by atoms with E-state index < -0.39 is 0 Å². The van der Waals surface area contributed by atoms with E-state index in [4.69, 9.17) is 9.26 Å². The molecular formula is C13H19N5O2. The number of methoxy groups -OCH3 is 1. The lowest BCUT2D eigenvalue weighted by Gasteiger charge is -2.17. The lowest BCUT2D eigenvalue weighted by molar-refractivity contribution is 0.335. The van der Waals surface area contributed by atoms with Crippen LogP contribution in [-0.2, 0) is 6.42 Å². The van der Waals surface area contributed by atoms with E-state index in [2.05, 4.69) is 39.3 Å². The molecule has 0 amide bonds. The molecule has 2 aromatic heterocycles. The smallest absolute Gasteiger partial charge is 0.228 e. The third-order valence-electron chi connectivity index (χ3n) is 3.12. The van der Waals surface area contributed by atoms with Gasteiger partial charge in [-0.3, -0.25) is 0 Å². The molecule has 1 N–H and O–H groups in total. The second-order valence-electron chi connectivity index (χ2n) is 4.80. The van der Waals surface area contributed by atoms with Gasteiger partial charge in [0.25, 0.3) is 0 Å². The van der Waals surface area contributed by atoms with Crippen LogP contribution in [-0.4, -0.2) is 40.3 Å². The Morgan fingerprint density at radius 1 is 1.35 bits per heavy atom. The summed E-state index contributed by atoms with van der Waals surface area (Å²) in [5.41, 5.74) is 0.581. The van der Waals surface area contributed by atoms with Crippen LogP contribution in [0.4, 0.5) is 0 Å². The molecule has 20 heavy (non-hydrogen) atoms. The zero-order valence-electron chi connectivity index (χ0n) is 12.1. The molecule has 2 heterocycles. The zero-order chi connectivity index (χ0) is 14.5. The second-order valence-corrected chi connectivity index (χ2v) is 4.80. The summed E-state index contributed by atoms with van der Waals surface area (Å²) < 4.78 is 10.3. The highest BCUT2D eigenvalue weighted by molar-refractivity contribution is 5.49. The lowest BCUT2D eigenvalue weighted by Crippen LogP contribution is -2.32. The van der Waals surface area contributed by atoms with Crippen molar-refractivity contribution < 1.29 is 9.26 Å². The van der Waals surface area contributed by atoms with Crippen LogP contribution in [0, 0.1) is 5.92 Å². The predicted molar refractivity (Wildman–Crippen MR) is 73.3 cm³/mol. The fourth-order valence-electron chi connectivity index (χ4n) is 1.87. The highest BCUT2D eigenvalue weighted by Gasteiger charge is 2.17. The fraction of sp³-hybridized carbons (Fsp3) is 0.538. The van der Waals surface area contributed by atoms with E-state index in [-0.39, 0.29) is 0 Å². The van der Waals surface area contributed by atoms with E-state index in [0.29, 0.717) is 41.7 Å². The molecule has 1 unspecified atom stereocenters. The van der Waals surface area contributed by atoms with Gasteiger partial charge in [0.05, 0.1) is 7.11 Å². The zero-order valence-corrected chi connectivity index (χ0v) is 12.1. The van der Waals surface area contributed by atoms with Gasteiger partial charge in [0.2, 0.25) is 17.6 Å². The summed E-state index contributed by atoms with van der Waals surface area (Å²) in [6.07, 6.45) is 2.10. The van der Waals surface area contributed by atoms with E-state index in [1.165, 1.54) is 6.33 Å². The summed E-state index contributed by atoms with van der Waals surface area (Å²) in [7, 11) is 3.48. The van der Waals surface area contributed by atoms with Crippen LogP contribution in [0.5, 0.6) is 5.88 Å². The van der Waals surface area contributed by atoms with Gasteiger partial charge in [-0.25, -0.2) is 9.97 Å². The molecule has 0 saturated carbocycles. The predicted octanol–water partition coefficient (Wildman–Crippen LogP) is 1.32. The summed E-state index contributed by atoms with van der Waals surface area (Å²) >= 11 is 0. The summed E-state index contributed by atoms with van der Waals surface area (Å²) in [6.45, 7) is 4.29. The van der Waals surface area contributed by atoms with Crippen LogP contribution in [0.15, 0.2) is 16.9 Å². The Hall–Kier alpha value is -2.02. The minimum atomic E-state index is 0.295. The molecule has 108 valence electrons. The molecule has 7 nitrogen and oxygen atoms in total. The molecule has 0 aliphatic heterocycles. The topological polar surface area (TPSA) is 86.0 Å². The minimum absolute atomic E-state index is 0.295. The highest BCUT2D eigenvalue weighted by Crippen LogP contribution is 2.17. The first-order valence-electron chi connectivity index (χ1n) is 6.50. The van der Waals surface area contributed by atoms with Gasteiger partial charge in [-0.1, -0.05) is 19.0 Å². The van der Waals surface area contributed by atoms with Crippen LogP contribution in [0.3, 0.4) is 0 Å². The third kappa shape index (κ3) is 3.30. The first kappa shape index (κ1) is 14.4. The van der Waals surface area contributed by atoms with Crippen molar-refractivity contribution in [2.45, 2.75) is 26.3 Å². The maximum Gasteiger partial charge on any atom is 0.228 e. The quantitative estimate of drug-likeness (QED) is 0.852. The third-order valence-corrected chi connectivity index (χ3v) is 3.12. The Morgan fingerprint density at radius 3 is 2.80 bits per heavy atom. The van der Waals surface area contributed by atoms with Crippen LogP contribution in [0.1, 0.15) is 19.7 Å². The Labute approximate surface area is 117 Å². The molecule has 0 bridgehead atoms. The summed E-state index contributed by atoms with van der Waals surface area (Å²) in [6, 6.07) is 1.97. The molecule has 2 aromatic rings. The van der Waals surface area contributed by atoms with Crippen LogP contribution in [0.2, 0.25) is 0 Å². The lowest BCUT2D eigenvalue weighted by atomic mass is 10.0. The van der Waals surface area contributed by atoms with Gasteiger partial charge in [-0.2, -0.15) is 4.98 Å². The molecule has 0 fully saturated rings. The Kier molecular flexibility index (Phi) is 4.62. The monoisotopic (exact) mass is 277 g/mol. The van der Waals surface area contributed by atoms with Gasteiger partial charge in [-0.15, -0.1) is 0 Å². The summed E-state index contributed by atoms with van der Waals surface area (Å²) in [5.74, 6) is 1.98. The molecule has 0 aliphatic carbocycles. The van der Waals surface area contributed by atoms with Crippen molar-refractivity contribution in [3.8, 4) is 17.4 Å². The van der Waals surface area contributed by atoms with Crippen LogP contribution >= 0.6 is 0 Å². The van der Waals surface area contributed by atoms with E-state index in [1.54, 1.807) is 13.2 Å². The van der Waals surface area contributed by atoms with Crippen molar-refractivity contribution in [3.63, 3.8) is 0 Å². The van der Waals surface area contributed by atoms with E-state index >= 15 is 0 Å². The number of nitrogens with zero attached hydrogens (tertiary/aromatic N) is 4. The number of aromatic nitrogens is 4.